The molecular formula is C10H15NO3S. The quantitative estimate of drug-likeness (QED) is 0.721. The second kappa shape index (κ2) is 5.14. The second-order valence-electron chi connectivity index (χ2n) is 3.19. The van der Waals surface area contributed by atoms with Gasteiger partial charge in [-0.15, -0.1) is 0 Å². The smallest absolute Gasteiger partial charge is 0.242 e. The number of hydrogen-bond donors (Lipinski definition) is 0. The number of sulfonamides is 1. The topological polar surface area (TPSA) is 46.6 Å². The van der Waals surface area contributed by atoms with Gasteiger partial charge in [0.25, 0.3) is 0 Å². The lowest BCUT2D eigenvalue weighted by Gasteiger charge is -2.19. The minimum atomic E-state index is -3.31. The van der Waals surface area contributed by atoms with Crippen LogP contribution in [0.25, 0.3) is 0 Å². The maximum absolute atomic E-state index is 11.3. The van der Waals surface area contributed by atoms with Crippen LogP contribution in [0.5, 0.6) is 5.75 Å². The molecule has 0 aliphatic rings. The molecule has 0 N–H and O–H groups in total. The molecule has 4 nitrogen and oxygen atoms in total. The molecule has 1 rings (SSSR count). The standard InChI is InChI=1S/C10H15NO3S/c1-3-9-11(15(2,12)13)14-10-7-5-4-6-8-10/h4-8H,3,9H2,1-2H3. The first kappa shape index (κ1) is 12.0. The highest BCUT2D eigenvalue weighted by Crippen LogP contribution is 2.12. The van der Waals surface area contributed by atoms with Gasteiger partial charge in [0.15, 0.2) is 0 Å². The van der Waals surface area contributed by atoms with Crippen molar-refractivity contribution in [3.63, 3.8) is 0 Å². The number of benzene rings is 1. The minimum Gasteiger partial charge on any atom is -0.391 e. The van der Waals surface area contributed by atoms with Gasteiger partial charge in [0, 0.05) is 0 Å². The Balaban J connectivity index is 2.76. The second-order valence-corrected chi connectivity index (χ2v) is 5.07. The molecular weight excluding hydrogens is 214 g/mol. The Morgan fingerprint density at radius 3 is 2.33 bits per heavy atom. The van der Waals surface area contributed by atoms with E-state index in [0.29, 0.717) is 18.7 Å². The Kier molecular flexibility index (Phi) is 4.11. The third-order valence-electron chi connectivity index (χ3n) is 1.73. The molecule has 1 aromatic carbocycles. The summed E-state index contributed by atoms with van der Waals surface area (Å²) < 4.78 is 23.7. The van der Waals surface area contributed by atoms with E-state index in [-0.39, 0.29) is 0 Å². The largest absolute Gasteiger partial charge is 0.391 e. The van der Waals surface area contributed by atoms with Crippen LogP contribution in [-0.2, 0) is 10.0 Å². The predicted molar refractivity (Wildman–Crippen MR) is 58.9 cm³/mol. The van der Waals surface area contributed by atoms with E-state index >= 15 is 0 Å². The molecule has 0 unspecified atom stereocenters. The van der Waals surface area contributed by atoms with Crippen LogP contribution >= 0.6 is 0 Å². The van der Waals surface area contributed by atoms with E-state index in [9.17, 15) is 8.42 Å². The van der Waals surface area contributed by atoms with Crippen molar-refractivity contribution in [3.8, 4) is 5.75 Å². The average Bonchev–Trinajstić information content (AvgIpc) is 2.17. The van der Waals surface area contributed by atoms with Crippen molar-refractivity contribution >= 4 is 10.0 Å². The molecule has 5 heteroatoms. The van der Waals surface area contributed by atoms with Crippen molar-refractivity contribution in [1.29, 1.82) is 0 Å². The summed E-state index contributed by atoms with van der Waals surface area (Å²) in [6.45, 7) is 2.25. The van der Waals surface area contributed by atoms with Crippen LogP contribution in [0.3, 0.4) is 0 Å². The van der Waals surface area contributed by atoms with Crippen molar-refractivity contribution < 1.29 is 13.3 Å². The maximum Gasteiger partial charge on any atom is 0.242 e. The summed E-state index contributed by atoms with van der Waals surface area (Å²) in [7, 11) is -3.31. The molecule has 0 radical (unpaired) electrons. The zero-order valence-electron chi connectivity index (χ0n) is 8.88. The van der Waals surface area contributed by atoms with Crippen LogP contribution < -0.4 is 4.84 Å². The van der Waals surface area contributed by atoms with Gasteiger partial charge in [-0.1, -0.05) is 25.1 Å². The van der Waals surface area contributed by atoms with E-state index in [1.54, 1.807) is 24.3 Å². The van der Waals surface area contributed by atoms with Crippen LogP contribution in [0.15, 0.2) is 30.3 Å². The number of rotatable bonds is 5. The van der Waals surface area contributed by atoms with Crippen molar-refractivity contribution in [2.75, 3.05) is 12.8 Å². The molecule has 0 atom stereocenters. The van der Waals surface area contributed by atoms with E-state index in [4.69, 9.17) is 4.84 Å². The lowest BCUT2D eigenvalue weighted by Crippen LogP contribution is -2.33. The van der Waals surface area contributed by atoms with Gasteiger partial charge in [0.05, 0.1) is 12.8 Å². The fraction of sp³-hybridized carbons (Fsp3) is 0.400. The number of para-hydroxylation sites is 1. The molecule has 15 heavy (non-hydrogen) atoms. The van der Waals surface area contributed by atoms with E-state index in [2.05, 4.69) is 0 Å². The van der Waals surface area contributed by atoms with Gasteiger partial charge in [-0.05, 0) is 23.0 Å². The third-order valence-corrected chi connectivity index (χ3v) is 2.72. The lowest BCUT2D eigenvalue weighted by molar-refractivity contribution is 0.0371. The summed E-state index contributed by atoms with van der Waals surface area (Å²) >= 11 is 0. The van der Waals surface area contributed by atoms with Crippen molar-refractivity contribution in [3.05, 3.63) is 30.3 Å². The number of hydroxylamine groups is 1. The SMILES string of the molecule is CCCN(Oc1ccccc1)S(C)(=O)=O. The Hall–Kier alpha value is -1.07. The molecule has 0 aliphatic heterocycles. The summed E-state index contributed by atoms with van der Waals surface area (Å²) in [4.78, 5) is 5.26. The Morgan fingerprint density at radius 1 is 1.27 bits per heavy atom. The summed E-state index contributed by atoms with van der Waals surface area (Å²) in [6.07, 6.45) is 1.84. The Morgan fingerprint density at radius 2 is 1.87 bits per heavy atom. The highest BCUT2D eigenvalue weighted by atomic mass is 32.2. The summed E-state index contributed by atoms with van der Waals surface area (Å²) in [5, 5.41) is 0. The molecule has 0 aromatic heterocycles. The normalized spacial score (nSPS) is 11.7. The average molecular weight is 229 g/mol. The van der Waals surface area contributed by atoms with Crippen LogP contribution in [0.4, 0.5) is 0 Å². The number of nitrogens with zero attached hydrogens (tertiary/aromatic N) is 1. The van der Waals surface area contributed by atoms with Gasteiger partial charge in [-0.2, -0.15) is 0 Å². The van der Waals surface area contributed by atoms with Gasteiger partial charge in [0.2, 0.25) is 10.0 Å². The van der Waals surface area contributed by atoms with E-state index in [1.807, 2.05) is 13.0 Å². The predicted octanol–water partition coefficient (Wildman–Crippen LogP) is 1.65. The summed E-state index contributed by atoms with van der Waals surface area (Å²) in [5.41, 5.74) is 0. The van der Waals surface area contributed by atoms with E-state index < -0.39 is 10.0 Å². The summed E-state index contributed by atoms with van der Waals surface area (Å²) in [6, 6.07) is 8.86. The molecule has 0 bridgehead atoms. The molecule has 0 heterocycles. The van der Waals surface area contributed by atoms with E-state index in [1.165, 1.54) is 0 Å². The Bertz CT molecular complexity index is 388. The molecule has 84 valence electrons. The fourth-order valence-corrected chi connectivity index (χ4v) is 1.80. The maximum atomic E-state index is 11.3. The van der Waals surface area contributed by atoms with Crippen molar-refractivity contribution in [2.45, 2.75) is 13.3 Å². The first-order chi connectivity index (χ1) is 7.04. The van der Waals surface area contributed by atoms with Gasteiger partial charge in [0.1, 0.15) is 5.75 Å². The summed E-state index contributed by atoms with van der Waals surface area (Å²) in [5.74, 6) is 0.524. The Labute approximate surface area is 90.5 Å². The van der Waals surface area contributed by atoms with Crippen molar-refractivity contribution in [2.24, 2.45) is 0 Å². The zero-order valence-corrected chi connectivity index (χ0v) is 9.70. The van der Waals surface area contributed by atoms with Gasteiger partial charge in [-0.25, -0.2) is 8.42 Å². The lowest BCUT2D eigenvalue weighted by atomic mass is 10.3. The molecule has 0 saturated heterocycles. The van der Waals surface area contributed by atoms with E-state index in [0.717, 1.165) is 10.7 Å². The molecule has 0 spiro atoms. The van der Waals surface area contributed by atoms with Crippen molar-refractivity contribution in [1.82, 2.24) is 4.47 Å². The zero-order chi connectivity index (χ0) is 11.3. The molecule has 1 aromatic rings. The molecule has 0 aliphatic carbocycles. The third kappa shape index (κ3) is 3.89. The minimum absolute atomic E-state index is 0.355. The van der Waals surface area contributed by atoms with Gasteiger partial charge < -0.3 is 4.84 Å². The molecule has 0 amide bonds. The van der Waals surface area contributed by atoms with Crippen LogP contribution in [0, 0.1) is 0 Å². The van der Waals surface area contributed by atoms with Crippen LogP contribution in [-0.4, -0.2) is 25.7 Å². The number of hydrogen-bond acceptors (Lipinski definition) is 3. The highest BCUT2D eigenvalue weighted by molar-refractivity contribution is 7.88. The van der Waals surface area contributed by atoms with Crippen LogP contribution in [0.2, 0.25) is 0 Å². The van der Waals surface area contributed by atoms with Gasteiger partial charge >= 0.3 is 0 Å². The molecule has 0 fully saturated rings. The van der Waals surface area contributed by atoms with Crippen LogP contribution in [0.1, 0.15) is 13.3 Å². The monoisotopic (exact) mass is 229 g/mol. The molecule has 0 saturated carbocycles. The first-order valence-electron chi connectivity index (χ1n) is 4.74. The highest BCUT2D eigenvalue weighted by Gasteiger charge is 2.17. The van der Waals surface area contributed by atoms with Gasteiger partial charge in [-0.3, -0.25) is 0 Å². The fourth-order valence-electron chi connectivity index (χ4n) is 1.06. The first-order valence-corrected chi connectivity index (χ1v) is 6.59.